The second-order valence-corrected chi connectivity index (χ2v) is 5.26. The molecule has 0 bridgehead atoms. The molecular formula is C15H14N4O3. The van der Waals surface area contributed by atoms with Gasteiger partial charge < -0.3 is 15.1 Å². The van der Waals surface area contributed by atoms with E-state index in [0.29, 0.717) is 24.2 Å². The number of benzene rings is 1. The van der Waals surface area contributed by atoms with Crippen molar-refractivity contribution in [1.82, 2.24) is 15.1 Å². The predicted octanol–water partition coefficient (Wildman–Crippen LogP) is -0.659. The first-order chi connectivity index (χ1) is 10.6. The van der Waals surface area contributed by atoms with E-state index >= 15 is 0 Å². The molecule has 2 heterocycles. The van der Waals surface area contributed by atoms with Crippen molar-refractivity contribution in [3.05, 3.63) is 35.4 Å². The number of nitriles is 1. The minimum absolute atomic E-state index is 0.0267. The summed E-state index contributed by atoms with van der Waals surface area (Å²) in [5, 5.41) is 11.3. The number of carbonyl (C=O) groups excluding carboxylic acids is 3. The smallest absolute Gasteiger partial charge is 0.253 e. The molecule has 2 fully saturated rings. The van der Waals surface area contributed by atoms with Gasteiger partial charge in [0.25, 0.3) is 5.91 Å². The monoisotopic (exact) mass is 298 g/mol. The summed E-state index contributed by atoms with van der Waals surface area (Å²) in [4.78, 5) is 39.2. The summed E-state index contributed by atoms with van der Waals surface area (Å²) in [6.07, 6.45) is 0. The van der Waals surface area contributed by atoms with Gasteiger partial charge in [0.05, 0.1) is 24.7 Å². The zero-order valence-corrected chi connectivity index (χ0v) is 11.8. The molecule has 1 N–H and O–H groups in total. The van der Waals surface area contributed by atoms with Gasteiger partial charge in [-0.25, -0.2) is 0 Å². The van der Waals surface area contributed by atoms with Crippen molar-refractivity contribution in [2.24, 2.45) is 0 Å². The van der Waals surface area contributed by atoms with Crippen LogP contribution in [-0.2, 0) is 9.59 Å². The fourth-order valence-electron chi connectivity index (χ4n) is 2.74. The second kappa shape index (κ2) is 5.48. The lowest BCUT2D eigenvalue weighted by Crippen LogP contribution is -2.66. The van der Waals surface area contributed by atoms with Crippen LogP contribution in [0.5, 0.6) is 0 Å². The van der Waals surface area contributed by atoms with Gasteiger partial charge in [-0.05, 0) is 24.3 Å². The van der Waals surface area contributed by atoms with Crippen LogP contribution in [0.2, 0.25) is 0 Å². The minimum Gasteiger partial charge on any atom is -0.345 e. The third-order valence-electron chi connectivity index (χ3n) is 3.97. The molecule has 2 aliphatic heterocycles. The van der Waals surface area contributed by atoms with Crippen molar-refractivity contribution in [1.29, 1.82) is 5.26 Å². The molecule has 1 atom stereocenters. The Balaban J connectivity index is 1.75. The number of rotatable bonds is 1. The van der Waals surface area contributed by atoms with E-state index in [1.807, 2.05) is 6.07 Å². The second-order valence-electron chi connectivity index (χ2n) is 5.26. The highest BCUT2D eigenvalue weighted by Gasteiger charge is 2.39. The first kappa shape index (κ1) is 14.1. The number of nitrogens with one attached hydrogen (secondary N) is 1. The average Bonchev–Trinajstić information content (AvgIpc) is 2.57. The standard InChI is InChI=1S/C15H14N4O3/c16-7-10-1-3-11(4-2-10)15(22)18-5-6-19-12(9-18)14(21)17-8-13(19)20/h1-4,12H,5-6,8-9H2,(H,17,21). The minimum atomic E-state index is -0.614. The van der Waals surface area contributed by atoms with Crippen molar-refractivity contribution in [3.63, 3.8) is 0 Å². The maximum Gasteiger partial charge on any atom is 0.253 e. The van der Waals surface area contributed by atoms with Gasteiger partial charge in [0.1, 0.15) is 6.04 Å². The van der Waals surface area contributed by atoms with Gasteiger partial charge in [0.15, 0.2) is 0 Å². The van der Waals surface area contributed by atoms with Crippen LogP contribution >= 0.6 is 0 Å². The molecule has 7 heteroatoms. The number of nitrogens with zero attached hydrogens (tertiary/aromatic N) is 3. The molecule has 0 aromatic heterocycles. The zero-order chi connectivity index (χ0) is 15.7. The lowest BCUT2D eigenvalue weighted by Gasteiger charge is -2.42. The molecule has 0 saturated carbocycles. The van der Waals surface area contributed by atoms with E-state index in [4.69, 9.17) is 5.26 Å². The van der Waals surface area contributed by atoms with Crippen LogP contribution in [-0.4, -0.2) is 59.7 Å². The van der Waals surface area contributed by atoms with E-state index < -0.39 is 6.04 Å². The molecular weight excluding hydrogens is 284 g/mol. The maximum absolute atomic E-state index is 12.5. The van der Waals surface area contributed by atoms with Gasteiger partial charge in [0.2, 0.25) is 11.8 Å². The molecule has 0 spiro atoms. The number of hydrogen-bond acceptors (Lipinski definition) is 4. The van der Waals surface area contributed by atoms with Crippen molar-refractivity contribution in [2.45, 2.75) is 6.04 Å². The summed E-state index contributed by atoms with van der Waals surface area (Å²) in [5.74, 6) is -0.540. The topological polar surface area (TPSA) is 93.5 Å². The number of amides is 3. The molecule has 3 rings (SSSR count). The Morgan fingerprint density at radius 1 is 1.23 bits per heavy atom. The Morgan fingerprint density at radius 3 is 2.64 bits per heavy atom. The first-order valence-corrected chi connectivity index (χ1v) is 6.97. The lowest BCUT2D eigenvalue weighted by molar-refractivity contribution is -0.148. The molecule has 3 amide bonds. The highest BCUT2D eigenvalue weighted by atomic mass is 16.2. The lowest BCUT2D eigenvalue weighted by atomic mass is 10.1. The molecule has 2 aliphatic rings. The third kappa shape index (κ3) is 2.39. The van der Waals surface area contributed by atoms with Crippen LogP contribution in [0.25, 0.3) is 0 Å². The van der Waals surface area contributed by atoms with Crippen LogP contribution in [0.1, 0.15) is 15.9 Å². The predicted molar refractivity (Wildman–Crippen MR) is 75.6 cm³/mol. The molecule has 0 aliphatic carbocycles. The number of fused-ring (bicyclic) bond motifs is 1. The SMILES string of the molecule is N#Cc1ccc(C(=O)N2CCN3C(=O)CNC(=O)C3C2)cc1. The fourth-order valence-corrected chi connectivity index (χ4v) is 2.74. The summed E-state index contributed by atoms with van der Waals surface area (Å²) in [6.45, 7) is 0.975. The summed E-state index contributed by atoms with van der Waals surface area (Å²) >= 11 is 0. The van der Waals surface area contributed by atoms with E-state index in [1.165, 1.54) is 4.90 Å². The van der Waals surface area contributed by atoms with Crippen LogP contribution < -0.4 is 5.32 Å². The van der Waals surface area contributed by atoms with E-state index in [-0.39, 0.29) is 30.8 Å². The quantitative estimate of drug-likeness (QED) is 0.745. The summed E-state index contributed by atoms with van der Waals surface area (Å²) < 4.78 is 0. The van der Waals surface area contributed by atoms with Gasteiger partial charge in [-0.3, -0.25) is 14.4 Å². The Hall–Kier alpha value is -2.88. The normalized spacial score (nSPS) is 21.0. The average molecular weight is 298 g/mol. The molecule has 0 radical (unpaired) electrons. The largest absolute Gasteiger partial charge is 0.345 e. The summed E-state index contributed by atoms with van der Waals surface area (Å²) in [5.41, 5.74) is 0.952. The highest BCUT2D eigenvalue weighted by Crippen LogP contribution is 2.16. The van der Waals surface area contributed by atoms with Crippen molar-refractivity contribution < 1.29 is 14.4 Å². The Bertz CT molecular complexity index is 677. The van der Waals surface area contributed by atoms with Crippen molar-refractivity contribution in [2.75, 3.05) is 26.2 Å². The molecule has 1 unspecified atom stereocenters. The van der Waals surface area contributed by atoms with E-state index in [1.54, 1.807) is 29.2 Å². The molecule has 2 saturated heterocycles. The van der Waals surface area contributed by atoms with Crippen LogP contribution in [0.3, 0.4) is 0 Å². The van der Waals surface area contributed by atoms with Crippen molar-refractivity contribution >= 4 is 17.7 Å². The Labute approximate surface area is 127 Å². The first-order valence-electron chi connectivity index (χ1n) is 6.97. The van der Waals surface area contributed by atoms with E-state index in [9.17, 15) is 14.4 Å². The number of hydrogen-bond donors (Lipinski definition) is 1. The maximum atomic E-state index is 12.5. The summed E-state index contributed by atoms with van der Waals surface area (Å²) in [7, 11) is 0. The summed E-state index contributed by atoms with van der Waals surface area (Å²) in [6, 6.07) is 7.75. The van der Waals surface area contributed by atoms with E-state index in [0.717, 1.165) is 0 Å². The van der Waals surface area contributed by atoms with Crippen LogP contribution in [0.15, 0.2) is 24.3 Å². The highest BCUT2D eigenvalue weighted by molar-refractivity contribution is 5.98. The molecule has 112 valence electrons. The zero-order valence-electron chi connectivity index (χ0n) is 11.8. The Kier molecular flexibility index (Phi) is 3.51. The van der Waals surface area contributed by atoms with Gasteiger partial charge in [-0.1, -0.05) is 0 Å². The van der Waals surface area contributed by atoms with Crippen LogP contribution in [0, 0.1) is 11.3 Å². The molecule has 7 nitrogen and oxygen atoms in total. The molecule has 1 aromatic rings. The van der Waals surface area contributed by atoms with Crippen molar-refractivity contribution in [3.8, 4) is 6.07 Å². The third-order valence-corrected chi connectivity index (χ3v) is 3.97. The van der Waals surface area contributed by atoms with E-state index in [2.05, 4.69) is 5.32 Å². The van der Waals surface area contributed by atoms with Gasteiger partial charge >= 0.3 is 0 Å². The van der Waals surface area contributed by atoms with Gasteiger partial charge in [-0.2, -0.15) is 5.26 Å². The fraction of sp³-hybridized carbons (Fsp3) is 0.333. The number of piperazine rings is 2. The Morgan fingerprint density at radius 2 is 1.95 bits per heavy atom. The number of carbonyl (C=O) groups is 3. The van der Waals surface area contributed by atoms with Gasteiger partial charge in [0, 0.05) is 18.7 Å². The molecule has 22 heavy (non-hydrogen) atoms. The van der Waals surface area contributed by atoms with Crippen LogP contribution in [0.4, 0.5) is 0 Å². The molecule has 1 aromatic carbocycles. The van der Waals surface area contributed by atoms with Gasteiger partial charge in [-0.15, -0.1) is 0 Å².